The third-order valence-corrected chi connectivity index (χ3v) is 8.31. The number of fused-ring (bicyclic) bond motifs is 2. The molecule has 2 aliphatic rings. The van der Waals surface area contributed by atoms with Crippen LogP contribution in [0.25, 0.3) is 22.0 Å². The number of aryl methyl sites for hydroxylation is 2. The minimum Gasteiger partial charge on any atom is -0.350 e. The summed E-state index contributed by atoms with van der Waals surface area (Å²) in [7, 11) is 0. The second-order valence-corrected chi connectivity index (χ2v) is 11.3. The Morgan fingerprint density at radius 3 is 2.62 bits per heavy atom. The lowest BCUT2D eigenvalue weighted by Crippen LogP contribution is -2.48. The van der Waals surface area contributed by atoms with Crippen LogP contribution >= 0.6 is 0 Å². The zero-order chi connectivity index (χ0) is 28.2. The zero-order valence-electron chi connectivity index (χ0n) is 23.0. The number of pyridine rings is 1. The maximum atomic E-state index is 14.1. The molecule has 1 aliphatic carbocycles. The van der Waals surface area contributed by atoms with Crippen molar-refractivity contribution in [2.24, 2.45) is 5.41 Å². The molecular formula is C30H31N7O3. The van der Waals surface area contributed by atoms with Crippen LogP contribution in [0.1, 0.15) is 59.7 Å². The van der Waals surface area contributed by atoms with Crippen LogP contribution in [0.4, 0.5) is 0 Å². The lowest BCUT2D eigenvalue weighted by molar-refractivity contribution is -0.139. The second-order valence-electron chi connectivity index (χ2n) is 11.3. The molecule has 0 radical (unpaired) electrons. The maximum absolute atomic E-state index is 14.1. The Balaban J connectivity index is 1.37. The molecule has 4 heterocycles. The molecule has 1 saturated carbocycles. The molecule has 6 rings (SSSR count). The van der Waals surface area contributed by atoms with Crippen LogP contribution in [0.15, 0.2) is 43.0 Å². The fraction of sp³-hybridized carbons (Fsp3) is 0.367. The predicted molar refractivity (Wildman–Crippen MR) is 148 cm³/mol. The van der Waals surface area contributed by atoms with Gasteiger partial charge < -0.3 is 10.2 Å². The summed E-state index contributed by atoms with van der Waals surface area (Å²) in [4.78, 5) is 54.7. The van der Waals surface area contributed by atoms with E-state index in [0.717, 1.165) is 28.7 Å². The lowest BCUT2D eigenvalue weighted by atomic mass is 9.91. The van der Waals surface area contributed by atoms with Crippen molar-refractivity contribution in [2.75, 3.05) is 0 Å². The number of hydrogen-bond acceptors (Lipinski definition) is 7. The molecule has 204 valence electrons. The number of piperidine rings is 1. The van der Waals surface area contributed by atoms with Crippen LogP contribution in [0.2, 0.25) is 0 Å². The van der Waals surface area contributed by atoms with Gasteiger partial charge in [-0.3, -0.25) is 24.5 Å². The largest absolute Gasteiger partial charge is 0.350 e. The minimum atomic E-state index is -0.559. The summed E-state index contributed by atoms with van der Waals surface area (Å²) in [6.07, 6.45) is 8.37. The van der Waals surface area contributed by atoms with Crippen molar-refractivity contribution < 1.29 is 14.4 Å². The van der Waals surface area contributed by atoms with Crippen LogP contribution in [0.3, 0.4) is 0 Å². The molecule has 1 aliphatic heterocycles. The fourth-order valence-corrected chi connectivity index (χ4v) is 6.07. The highest BCUT2D eigenvalue weighted by Gasteiger charge is 2.64. The van der Waals surface area contributed by atoms with Gasteiger partial charge in [0, 0.05) is 55.2 Å². The van der Waals surface area contributed by atoms with Gasteiger partial charge in [0.25, 0.3) is 0 Å². The molecule has 10 nitrogen and oxygen atoms in total. The number of aromatic nitrogens is 5. The Morgan fingerprint density at radius 1 is 1.15 bits per heavy atom. The number of Topliss-reactive ketones (excluding diaryl/α,β-unsaturated/α-hetero) is 1. The van der Waals surface area contributed by atoms with E-state index < -0.39 is 6.04 Å². The van der Waals surface area contributed by atoms with E-state index in [1.165, 1.54) is 6.92 Å². The number of carbonyl (C=O) groups is 3. The molecule has 3 aromatic heterocycles. The average Bonchev–Trinajstić information content (AvgIpc) is 3.26. The molecule has 0 spiro atoms. The Hall–Kier alpha value is -4.47. The summed E-state index contributed by atoms with van der Waals surface area (Å²) in [5.41, 5.74) is 4.91. The van der Waals surface area contributed by atoms with Crippen LogP contribution in [-0.4, -0.2) is 59.7 Å². The molecule has 10 heteroatoms. The van der Waals surface area contributed by atoms with E-state index in [1.54, 1.807) is 29.7 Å². The Labute approximate surface area is 231 Å². The van der Waals surface area contributed by atoms with Crippen molar-refractivity contribution in [3.05, 3.63) is 71.2 Å². The molecule has 3 atom stereocenters. The smallest absolute Gasteiger partial charge is 0.243 e. The third-order valence-electron chi connectivity index (χ3n) is 8.31. The molecule has 1 aromatic carbocycles. The molecule has 4 aromatic rings. The molecule has 0 bridgehead atoms. The van der Waals surface area contributed by atoms with Crippen LogP contribution in [0, 0.1) is 19.3 Å². The van der Waals surface area contributed by atoms with Gasteiger partial charge in [-0.1, -0.05) is 13.0 Å². The molecule has 2 fully saturated rings. The number of aromatic amines is 1. The number of nitrogens with zero attached hydrogens (tertiary/aromatic N) is 5. The molecule has 40 heavy (non-hydrogen) atoms. The Morgan fingerprint density at radius 2 is 1.93 bits per heavy atom. The van der Waals surface area contributed by atoms with Gasteiger partial charge in [-0.2, -0.15) is 5.10 Å². The predicted octanol–water partition coefficient (Wildman–Crippen LogP) is 3.47. The van der Waals surface area contributed by atoms with E-state index in [1.807, 2.05) is 32.0 Å². The van der Waals surface area contributed by atoms with Crippen LogP contribution in [-0.2, 0) is 22.6 Å². The SMILES string of the molecule is CC(=O)c1[nH]nc2c(C)cc(-c3cnc(C)nc3)c(CC(=O)N3[C@H](C(=O)NCc4cccnc4)C[C@@]4(C)C[C@@H]34)c12. The lowest BCUT2D eigenvalue weighted by Gasteiger charge is -2.27. The fourth-order valence-electron chi connectivity index (χ4n) is 6.07. The van der Waals surface area contributed by atoms with Crippen LogP contribution in [0.5, 0.6) is 0 Å². The second kappa shape index (κ2) is 9.62. The van der Waals surface area contributed by atoms with Crippen molar-refractivity contribution in [3.8, 4) is 11.1 Å². The number of carbonyl (C=O) groups excluding carboxylic acids is 3. The number of hydrogen-bond donors (Lipinski definition) is 2. The van der Waals surface area contributed by atoms with E-state index in [4.69, 9.17) is 0 Å². The van der Waals surface area contributed by atoms with E-state index in [-0.39, 0.29) is 35.5 Å². The van der Waals surface area contributed by atoms with E-state index in [2.05, 4.69) is 37.4 Å². The highest BCUT2D eigenvalue weighted by molar-refractivity contribution is 6.09. The summed E-state index contributed by atoms with van der Waals surface area (Å²) in [5, 5.41) is 10.9. The number of H-pyrrole nitrogens is 1. The topological polar surface area (TPSA) is 134 Å². The van der Waals surface area contributed by atoms with Crippen molar-refractivity contribution in [1.82, 2.24) is 35.4 Å². The number of nitrogens with one attached hydrogen (secondary N) is 2. The first-order valence-corrected chi connectivity index (χ1v) is 13.4. The standard InChI is InChI=1S/C30H31N7O3/c1-16-8-21(20-14-32-18(3)33-15-20)22(26-27(16)35-36-28(26)17(2)38)9-25(39)37-23(10-30(4)11-24(30)37)29(40)34-13-19-6-5-7-31-12-19/h5-8,12,14-15,23-24H,9-11,13H2,1-4H3,(H,34,40)(H,35,36)/t23-,24+,30-/m0/s1. The molecule has 1 saturated heterocycles. The first kappa shape index (κ1) is 25.8. The summed E-state index contributed by atoms with van der Waals surface area (Å²) < 4.78 is 0. The summed E-state index contributed by atoms with van der Waals surface area (Å²) >= 11 is 0. The summed E-state index contributed by atoms with van der Waals surface area (Å²) in [6, 6.07) is 5.15. The summed E-state index contributed by atoms with van der Waals surface area (Å²) in [6.45, 7) is 7.70. The number of ketones is 1. The Kier molecular flexibility index (Phi) is 6.20. The van der Waals surface area contributed by atoms with Crippen molar-refractivity contribution in [1.29, 1.82) is 0 Å². The van der Waals surface area contributed by atoms with E-state index in [0.29, 0.717) is 41.0 Å². The van der Waals surface area contributed by atoms with Gasteiger partial charge in [0.2, 0.25) is 11.8 Å². The van der Waals surface area contributed by atoms with Crippen LogP contribution < -0.4 is 5.32 Å². The highest BCUT2D eigenvalue weighted by atomic mass is 16.2. The minimum absolute atomic E-state index is 0.0119. The van der Waals surface area contributed by atoms with Gasteiger partial charge in [-0.05, 0) is 66.5 Å². The Bertz CT molecular complexity index is 1650. The van der Waals surface area contributed by atoms with E-state index >= 15 is 0 Å². The third kappa shape index (κ3) is 4.43. The zero-order valence-corrected chi connectivity index (χ0v) is 23.0. The normalized spacial score (nSPS) is 21.4. The first-order valence-electron chi connectivity index (χ1n) is 13.4. The number of rotatable bonds is 7. The molecule has 0 unspecified atom stereocenters. The monoisotopic (exact) mass is 537 g/mol. The first-order chi connectivity index (χ1) is 19.2. The number of likely N-dealkylation sites (tertiary alicyclic amines) is 1. The van der Waals surface area contributed by atoms with Crippen molar-refractivity contribution >= 4 is 28.5 Å². The maximum Gasteiger partial charge on any atom is 0.243 e. The van der Waals surface area contributed by atoms with Gasteiger partial charge >= 0.3 is 0 Å². The average molecular weight is 538 g/mol. The molecule has 2 amide bonds. The summed E-state index contributed by atoms with van der Waals surface area (Å²) in [5.74, 6) is 0.149. The van der Waals surface area contributed by atoms with Gasteiger partial charge in [0.15, 0.2) is 5.78 Å². The van der Waals surface area contributed by atoms with Gasteiger partial charge in [-0.25, -0.2) is 9.97 Å². The highest BCUT2D eigenvalue weighted by Crippen LogP contribution is 2.59. The molecule has 2 N–H and O–H groups in total. The molecular weight excluding hydrogens is 506 g/mol. The van der Waals surface area contributed by atoms with E-state index in [9.17, 15) is 14.4 Å². The quantitative estimate of drug-likeness (QED) is 0.345. The van der Waals surface area contributed by atoms with Gasteiger partial charge in [0.05, 0.1) is 11.9 Å². The van der Waals surface area contributed by atoms with Gasteiger partial charge in [0.1, 0.15) is 17.6 Å². The van der Waals surface area contributed by atoms with Crippen molar-refractivity contribution in [2.45, 2.75) is 65.6 Å². The van der Waals surface area contributed by atoms with Crippen molar-refractivity contribution in [3.63, 3.8) is 0 Å². The van der Waals surface area contributed by atoms with Gasteiger partial charge in [-0.15, -0.1) is 0 Å². The number of benzene rings is 1. The number of amides is 2.